The van der Waals surface area contributed by atoms with E-state index in [1.165, 1.54) is 0 Å². The fourth-order valence-corrected chi connectivity index (χ4v) is 4.00. The van der Waals surface area contributed by atoms with Crippen LogP contribution in [0.4, 0.5) is 18.9 Å². The van der Waals surface area contributed by atoms with E-state index in [1.807, 2.05) is 42.5 Å². The number of nitrogens with zero attached hydrogens (tertiary/aromatic N) is 1. The monoisotopic (exact) mass is 442 g/mol. The highest BCUT2D eigenvalue weighted by atomic mass is 32.1. The lowest BCUT2D eigenvalue weighted by Gasteiger charge is -2.10. The van der Waals surface area contributed by atoms with Gasteiger partial charge in [-0.1, -0.05) is 36.4 Å². The highest BCUT2D eigenvalue weighted by Gasteiger charge is 2.27. The van der Waals surface area contributed by atoms with Crippen molar-refractivity contribution in [2.75, 3.05) is 11.9 Å². The van der Waals surface area contributed by atoms with E-state index in [0.717, 1.165) is 20.8 Å². The van der Waals surface area contributed by atoms with E-state index in [9.17, 15) is 18.0 Å². The number of ether oxygens (including phenoxy) is 1. The Morgan fingerprint density at radius 1 is 0.968 bits per heavy atom. The second kappa shape index (κ2) is 8.87. The summed E-state index contributed by atoms with van der Waals surface area (Å²) in [6.07, 6.45) is -4.36. The summed E-state index contributed by atoms with van der Waals surface area (Å²) in [5.41, 5.74) is 3.28. The van der Waals surface area contributed by atoms with Crippen molar-refractivity contribution in [3.8, 4) is 10.6 Å². The quantitative estimate of drug-likeness (QED) is 0.382. The predicted molar refractivity (Wildman–Crippen MR) is 115 cm³/mol. The number of benzene rings is 3. The number of fused-ring (bicyclic) bond motifs is 1. The number of para-hydroxylation sites is 2. The Balaban J connectivity index is 1.48. The van der Waals surface area contributed by atoms with Gasteiger partial charge in [-0.15, -0.1) is 11.3 Å². The fourth-order valence-electron chi connectivity index (χ4n) is 3.00. The number of aromatic nitrogens is 1. The normalized spacial score (nSPS) is 11.6. The zero-order chi connectivity index (χ0) is 21.8. The van der Waals surface area contributed by atoms with E-state index in [1.54, 1.807) is 41.7 Å². The number of carbonyl (C=O) groups excluding carboxylic acids is 1. The van der Waals surface area contributed by atoms with Gasteiger partial charge in [0.15, 0.2) is 0 Å². The van der Waals surface area contributed by atoms with E-state index in [2.05, 4.69) is 15.0 Å². The number of carbonyl (C=O) groups is 1. The lowest BCUT2D eigenvalue weighted by molar-refractivity contribution is -0.176. The SMILES string of the molecule is O=C(Nc1ccccc1-c1nc2ccccc2s1)c1ccc(COCC(F)(F)F)cc1. The molecule has 0 atom stereocenters. The zero-order valence-corrected chi connectivity index (χ0v) is 17.0. The Labute approximate surface area is 180 Å². The standard InChI is InChI=1S/C23H17F3N2O2S/c24-23(25,26)14-30-13-15-9-11-16(12-10-15)21(29)27-18-6-2-1-5-17(18)22-28-19-7-3-4-8-20(19)31-22/h1-12H,13-14H2,(H,27,29). The number of halogens is 3. The molecule has 4 aromatic rings. The second-order valence-corrected chi connectivity index (χ2v) is 7.82. The minimum absolute atomic E-state index is 0.179. The third-order valence-electron chi connectivity index (χ3n) is 4.45. The number of nitrogens with one attached hydrogen (secondary N) is 1. The van der Waals surface area contributed by atoms with Crippen molar-refractivity contribution < 1.29 is 22.7 Å². The molecule has 0 aliphatic carbocycles. The van der Waals surface area contributed by atoms with E-state index in [4.69, 9.17) is 0 Å². The molecule has 0 radical (unpaired) electrons. The third kappa shape index (κ3) is 5.28. The summed E-state index contributed by atoms with van der Waals surface area (Å²) in [7, 11) is 0. The van der Waals surface area contributed by atoms with E-state index in [0.29, 0.717) is 16.8 Å². The Hall–Kier alpha value is -3.23. The lowest BCUT2D eigenvalue weighted by atomic mass is 10.1. The highest BCUT2D eigenvalue weighted by molar-refractivity contribution is 7.21. The van der Waals surface area contributed by atoms with Crippen LogP contribution in [0.3, 0.4) is 0 Å². The number of hydrogen-bond acceptors (Lipinski definition) is 4. The van der Waals surface area contributed by atoms with Gasteiger partial charge in [-0.3, -0.25) is 4.79 Å². The van der Waals surface area contributed by atoms with Gasteiger partial charge in [0, 0.05) is 11.1 Å². The molecule has 4 nitrogen and oxygen atoms in total. The van der Waals surface area contributed by atoms with E-state index >= 15 is 0 Å². The van der Waals surface area contributed by atoms with Gasteiger partial charge < -0.3 is 10.1 Å². The summed E-state index contributed by atoms with van der Waals surface area (Å²) in [6.45, 7) is -1.49. The Bertz CT molecular complexity index is 1170. The van der Waals surface area contributed by atoms with Crippen LogP contribution in [-0.2, 0) is 11.3 Å². The molecule has 0 aliphatic heterocycles. The van der Waals surface area contributed by atoms with Crippen LogP contribution in [0, 0.1) is 0 Å². The summed E-state index contributed by atoms with van der Waals surface area (Å²) < 4.78 is 42.2. The molecule has 0 spiro atoms. The Kier molecular flexibility index (Phi) is 6.01. The van der Waals surface area contributed by atoms with Crippen LogP contribution in [0.5, 0.6) is 0 Å². The zero-order valence-electron chi connectivity index (χ0n) is 16.1. The summed E-state index contributed by atoms with van der Waals surface area (Å²) in [6, 6.07) is 21.5. The minimum atomic E-state index is -4.36. The van der Waals surface area contributed by atoms with Gasteiger partial charge in [-0.25, -0.2) is 4.98 Å². The van der Waals surface area contributed by atoms with Crippen LogP contribution in [0.15, 0.2) is 72.8 Å². The van der Waals surface area contributed by atoms with E-state index in [-0.39, 0.29) is 12.5 Å². The smallest absolute Gasteiger partial charge is 0.367 e. The van der Waals surface area contributed by atoms with Gasteiger partial charge in [-0.2, -0.15) is 13.2 Å². The first-order chi connectivity index (χ1) is 14.9. The first-order valence-corrected chi connectivity index (χ1v) is 10.2. The van der Waals surface area contributed by atoms with Crippen molar-refractivity contribution >= 4 is 33.1 Å². The van der Waals surface area contributed by atoms with Crippen molar-refractivity contribution in [1.29, 1.82) is 0 Å². The lowest BCUT2D eigenvalue weighted by Crippen LogP contribution is -2.16. The number of amides is 1. The molecule has 1 amide bonds. The average molecular weight is 442 g/mol. The maximum atomic E-state index is 12.7. The molecule has 0 bridgehead atoms. The maximum absolute atomic E-state index is 12.7. The van der Waals surface area contributed by atoms with Gasteiger partial charge in [-0.05, 0) is 42.0 Å². The Morgan fingerprint density at radius 3 is 2.42 bits per heavy atom. The van der Waals surface area contributed by atoms with Gasteiger partial charge in [0.25, 0.3) is 5.91 Å². The molecule has 8 heteroatoms. The van der Waals surface area contributed by atoms with Crippen molar-refractivity contribution in [2.45, 2.75) is 12.8 Å². The van der Waals surface area contributed by atoms with Gasteiger partial charge in [0.2, 0.25) is 0 Å². The van der Waals surface area contributed by atoms with Crippen LogP contribution in [0.1, 0.15) is 15.9 Å². The largest absolute Gasteiger partial charge is 0.411 e. The molecule has 0 unspecified atom stereocenters. The first kappa shape index (κ1) is 21.0. The highest BCUT2D eigenvalue weighted by Crippen LogP contribution is 2.34. The Morgan fingerprint density at radius 2 is 1.68 bits per heavy atom. The molecule has 4 rings (SSSR count). The molecule has 1 aromatic heterocycles. The van der Waals surface area contributed by atoms with Crippen LogP contribution < -0.4 is 5.32 Å². The molecule has 158 valence electrons. The molecular formula is C23H17F3N2O2S. The molecule has 0 saturated heterocycles. The maximum Gasteiger partial charge on any atom is 0.411 e. The molecule has 0 aliphatic rings. The summed E-state index contributed by atoms with van der Waals surface area (Å²) in [5.74, 6) is -0.323. The molecule has 0 fully saturated rings. The summed E-state index contributed by atoms with van der Waals surface area (Å²) >= 11 is 1.54. The molecule has 1 N–H and O–H groups in total. The van der Waals surface area contributed by atoms with Gasteiger partial charge >= 0.3 is 6.18 Å². The molecule has 0 saturated carbocycles. The minimum Gasteiger partial charge on any atom is -0.367 e. The second-order valence-electron chi connectivity index (χ2n) is 6.79. The number of thiazole rings is 1. The third-order valence-corrected chi connectivity index (χ3v) is 5.52. The molecule has 31 heavy (non-hydrogen) atoms. The van der Waals surface area contributed by atoms with E-state index < -0.39 is 12.8 Å². The number of hydrogen-bond donors (Lipinski definition) is 1. The molecular weight excluding hydrogens is 425 g/mol. The summed E-state index contributed by atoms with van der Waals surface area (Å²) in [5, 5.41) is 3.70. The van der Waals surface area contributed by atoms with Gasteiger partial charge in [0.1, 0.15) is 11.6 Å². The number of anilines is 1. The van der Waals surface area contributed by atoms with Crippen molar-refractivity contribution in [1.82, 2.24) is 4.98 Å². The van der Waals surface area contributed by atoms with Crippen LogP contribution >= 0.6 is 11.3 Å². The van der Waals surface area contributed by atoms with Crippen LogP contribution in [0.25, 0.3) is 20.8 Å². The molecule has 3 aromatic carbocycles. The van der Waals surface area contributed by atoms with Gasteiger partial charge in [0.05, 0.1) is 22.5 Å². The topological polar surface area (TPSA) is 51.2 Å². The predicted octanol–water partition coefficient (Wildman–Crippen LogP) is 6.29. The summed E-state index contributed by atoms with van der Waals surface area (Å²) in [4.78, 5) is 17.4. The molecule has 1 heterocycles. The van der Waals surface area contributed by atoms with Crippen molar-refractivity contribution in [3.05, 3.63) is 83.9 Å². The van der Waals surface area contributed by atoms with Crippen LogP contribution in [0.2, 0.25) is 0 Å². The van der Waals surface area contributed by atoms with Crippen molar-refractivity contribution in [3.63, 3.8) is 0 Å². The van der Waals surface area contributed by atoms with Crippen molar-refractivity contribution in [2.24, 2.45) is 0 Å². The fraction of sp³-hybridized carbons (Fsp3) is 0.130. The van der Waals surface area contributed by atoms with Crippen LogP contribution in [-0.4, -0.2) is 23.7 Å². The average Bonchev–Trinajstić information content (AvgIpc) is 3.18. The number of rotatable bonds is 6. The first-order valence-electron chi connectivity index (χ1n) is 9.39. The number of alkyl halides is 3.